The standard InChI is InChI=1S/C23H17N2O.C6H5.Pt/c1-26-20-12-10-17(11-13-20)19-15-22(18-7-3-2-4-8-18)25-23(16-19)21-9-5-6-14-24-21;1-2-4-6-5-3-1;/h2-7,9-16H,1H3;1-5H;/q2*-1;+2. The van der Waals surface area contributed by atoms with Crippen molar-refractivity contribution in [3.63, 3.8) is 0 Å². The Morgan fingerprint density at radius 2 is 1.39 bits per heavy atom. The van der Waals surface area contributed by atoms with Crippen molar-refractivity contribution in [3.05, 3.63) is 128 Å². The van der Waals surface area contributed by atoms with Crippen molar-refractivity contribution in [2.75, 3.05) is 7.11 Å². The van der Waals surface area contributed by atoms with Crippen LogP contribution in [0.2, 0.25) is 0 Å². The molecule has 0 amide bonds. The molecule has 0 atom stereocenters. The third kappa shape index (κ3) is 6.71. The summed E-state index contributed by atoms with van der Waals surface area (Å²) in [4.78, 5) is 9.27. The second kappa shape index (κ2) is 12.5. The summed E-state index contributed by atoms with van der Waals surface area (Å²) in [6.07, 6.45) is 1.78. The number of ether oxygens (including phenoxy) is 1. The van der Waals surface area contributed by atoms with Crippen LogP contribution in [0, 0.1) is 12.1 Å². The molecule has 164 valence electrons. The van der Waals surface area contributed by atoms with Crippen LogP contribution < -0.4 is 4.74 Å². The van der Waals surface area contributed by atoms with E-state index in [-0.39, 0.29) is 21.1 Å². The number of rotatable bonds is 4. The maximum Gasteiger partial charge on any atom is 2.00 e. The quantitative estimate of drug-likeness (QED) is 0.211. The number of nitrogens with zero attached hydrogens (tertiary/aromatic N) is 2. The Bertz CT molecular complexity index is 1140. The number of hydrogen-bond acceptors (Lipinski definition) is 3. The zero-order valence-electron chi connectivity index (χ0n) is 18.1. The molecule has 5 rings (SSSR count). The molecule has 0 bridgehead atoms. The Morgan fingerprint density at radius 1 is 0.667 bits per heavy atom. The zero-order chi connectivity index (χ0) is 22.0. The van der Waals surface area contributed by atoms with E-state index in [4.69, 9.17) is 9.72 Å². The smallest absolute Gasteiger partial charge is 0.497 e. The first-order valence-corrected chi connectivity index (χ1v) is 10.3. The fraction of sp³-hybridized carbons (Fsp3) is 0.0345. The maximum absolute atomic E-state index is 5.26. The molecular weight excluding hydrogens is 587 g/mol. The summed E-state index contributed by atoms with van der Waals surface area (Å²) in [5, 5.41) is 0. The van der Waals surface area contributed by atoms with Gasteiger partial charge in [-0.25, -0.2) is 0 Å². The molecule has 0 N–H and O–H groups in total. The predicted molar refractivity (Wildman–Crippen MR) is 129 cm³/mol. The summed E-state index contributed by atoms with van der Waals surface area (Å²) in [6, 6.07) is 41.6. The molecule has 0 aliphatic rings. The first kappa shape index (κ1) is 24.1. The number of aromatic nitrogens is 2. The van der Waals surface area contributed by atoms with Gasteiger partial charge in [-0.2, -0.15) is 36.4 Å². The molecule has 2 aromatic heterocycles. The molecule has 0 aliphatic carbocycles. The Balaban J connectivity index is 0.000000382. The van der Waals surface area contributed by atoms with Gasteiger partial charge in [0.25, 0.3) is 0 Å². The fourth-order valence-corrected chi connectivity index (χ4v) is 3.16. The van der Waals surface area contributed by atoms with Gasteiger partial charge in [-0.1, -0.05) is 24.3 Å². The molecule has 3 aromatic carbocycles. The van der Waals surface area contributed by atoms with Crippen molar-refractivity contribution < 1.29 is 25.8 Å². The van der Waals surface area contributed by atoms with Crippen molar-refractivity contribution in [1.82, 2.24) is 9.97 Å². The van der Waals surface area contributed by atoms with Crippen LogP contribution in [-0.4, -0.2) is 17.1 Å². The first-order chi connectivity index (χ1) is 15.8. The Kier molecular flexibility index (Phi) is 9.11. The average molecular weight is 610 g/mol. The van der Waals surface area contributed by atoms with Gasteiger partial charge in [0, 0.05) is 6.20 Å². The largest absolute Gasteiger partial charge is 2.00 e. The van der Waals surface area contributed by atoms with Gasteiger partial charge in [0.1, 0.15) is 5.75 Å². The van der Waals surface area contributed by atoms with Crippen LogP contribution in [-0.2, 0) is 21.1 Å². The maximum atomic E-state index is 5.26. The van der Waals surface area contributed by atoms with E-state index >= 15 is 0 Å². The van der Waals surface area contributed by atoms with E-state index in [0.717, 1.165) is 39.5 Å². The molecule has 4 heteroatoms. The number of pyridine rings is 2. The Morgan fingerprint density at radius 3 is 1.97 bits per heavy atom. The zero-order valence-corrected chi connectivity index (χ0v) is 20.4. The summed E-state index contributed by atoms with van der Waals surface area (Å²) >= 11 is 0. The van der Waals surface area contributed by atoms with Gasteiger partial charge >= 0.3 is 21.1 Å². The molecule has 0 saturated carbocycles. The minimum absolute atomic E-state index is 0. The van der Waals surface area contributed by atoms with Crippen molar-refractivity contribution in [2.24, 2.45) is 0 Å². The Hall–Kier alpha value is -3.55. The van der Waals surface area contributed by atoms with Crippen molar-refractivity contribution in [1.29, 1.82) is 0 Å². The minimum Gasteiger partial charge on any atom is -0.497 e. The second-order valence-electron chi connectivity index (χ2n) is 6.92. The third-order valence-electron chi connectivity index (χ3n) is 4.77. The van der Waals surface area contributed by atoms with Crippen LogP contribution in [0.1, 0.15) is 0 Å². The molecule has 0 saturated heterocycles. The summed E-state index contributed by atoms with van der Waals surface area (Å²) in [7, 11) is 1.67. The predicted octanol–water partition coefficient (Wildman–Crippen LogP) is 6.77. The van der Waals surface area contributed by atoms with Crippen LogP contribution in [0.3, 0.4) is 0 Å². The molecule has 0 fully saturated rings. The molecule has 33 heavy (non-hydrogen) atoms. The van der Waals surface area contributed by atoms with Gasteiger partial charge in [0.15, 0.2) is 0 Å². The summed E-state index contributed by atoms with van der Waals surface area (Å²) in [5.41, 5.74) is 5.70. The summed E-state index contributed by atoms with van der Waals surface area (Å²) in [6.45, 7) is 0. The Labute approximate surface area is 209 Å². The fourth-order valence-electron chi connectivity index (χ4n) is 3.16. The molecule has 0 spiro atoms. The summed E-state index contributed by atoms with van der Waals surface area (Å²) in [5.74, 6) is 0.837. The van der Waals surface area contributed by atoms with Crippen LogP contribution >= 0.6 is 0 Å². The van der Waals surface area contributed by atoms with Gasteiger partial charge in [-0.05, 0) is 47.2 Å². The first-order valence-electron chi connectivity index (χ1n) is 10.3. The molecule has 0 radical (unpaired) electrons. The van der Waals surface area contributed by atoms with Crippen molar-refractivity contribution in [2.45, 2.75) is 0 Å². The van der Waals surface area contributed by atoms with E-state index in [1.54, 1.807) is 13.3 Å². The number of benzene rings is 3. The normalized spacial score (nSPS) is 9.73. The van der Waals surface area contributed by atoms with E-state index in [1.807, 2.05) is 84.9 Å². The summed E-state index contributed by atoms with van der Waals surface area (Å²) < 4.78 is 5.26. The van der Waals surface area contributed by atoms with E-state index in [2.05, 4.69) is 41.4 Å². The van der Waals surface area contributed by atoms with Crippen molar-refractivity contribution >= 4 is 0 Å². The van der Waals surface area contributed by atoms with Gasteiger partial charge in [-0.15, -0.1) is 35.9 Å². The molecule has 2 heterocycles. The third-order valence-corrected chi connectivity index (χ3v) is 4.77. The SMILES string of the molecule is COc1ccc(-c2cc(-c3[c-]cccc3)nc(-c3ccccn3)c2)cc1.[Pt+2].[c-]1ccccc1. The van der Waals surface area contributed by atoms with E-state index in [0.29, 0.717) is 0 Å². The van der Waals surface area contributed by atoms with Gasteiger partial charge < -0.3 is 4.74 Å². The van der Waals surface area contributed by atoms with Crippen LogP contribution in [0.4, 0.5) is 0 Å². The number of hydrogen-bond donors (Lipinski definition) is 0. The second-order valence-corrected chi connectivity index (χ2v) is 6.92. The van der Waals surface area contributed by atoms with Gasteiger partial charge in [0.2, 0.25) is 0 Å². The molecule has 5 aromatic rings. The number of methoxy groups -OCH3 is 1. The molecule has 3 nitrogen and oxygen atoms in total. The van der Waals surface area contributed by atoms with Gasteiger partial charge in [0.05, 0.1) is 18.5 Å². The van der Waals surface area contributed by atoms with Crippen LogP contribution in [0.25, 0.3) is 33.8 Å². The van der Waals surface area contributed by atoms with E-state index in [1.165, 1.54) is 0 Å². The van der Waals surface area contributed by atoms with Crippen LogP contribution in [0.15, 0.2) is 115 Å². The molecular formula is C29H22N2OPt. The molecule has 0 unspecified atom stereocenters. The van der Waals surface area contributed by atoms with E-state index < -0.39 is 0 Å². The van der Waals surface area contributed by atoms with E-state index in [9.17, 15) is 0 Å². The van der Waals surface area contributed by atoms with Crippen LogP contribution in [0.5, 0.6) is 5.75 Å². The average Bonchev–Trinajstić information content (AvgIpc) is 2.91. The van der Waals surface area contributed by atoms with Gasteiger partial charge in [-0.3, -0.25) is 9.97 Å². The van der Waals surface area contributed by atoms with Crippen molar-refractivity contribution in [3.8, 4) is 39.5 Å². The molecule has 0 aliphatic heterocycles. The monoisotopic (exact) mass is 609 g/mol. The topological polar surface area (TPSA) is 35.0 Å². The minimum atomic E-state index is 0.